The van der Waals surface area contributed by atoms with E-state index in [4.69, 9.17) is 4.74 Å². The molecule has 0 heterocycles. The zero-order valence-corrected chi connectivity index (χ0v) is 10.8. The highest BCUT2D eigenvalue weighted by molar-refractivity contribution is 7.99. The van der Waals surface area contributed by atoms with Crippen LogP contribution in [-0.4, -0.2) is 23.4 Å². The van der Waals surface area contributed by atoms with Gasteiger partial charge in [0.15, 0.2) is 5.78 Å². The number of carbonyl (C=O) groups excluding carboxylic acids is 1. The number of ketones is 1. The lowest BCUT2D eigenvalue weighted by Gasteiger charge is -2.13. The maximum absolute atomic E-state index is 11.9. The molecule has 0 unspecified atom stereocenters. The van der Waals surface area contributed by atoms with Gasteiger partial charge in [-0.15, -0.1) is 0 Å². The van der Waals surface area contributed by atoms with E-state index < -0.39 is 0 Å². The number of hydrogen-bond donors (Lipinski definition) is 0. The zero-order valence-electron chi connectivity index (χ0n) is 10.0. The Morgan fingerprint density at radius 1 is 1.38 bits per heavy atom. The van der Waals surface area contributed by atoms with E-state index >= 15 is 0 Å². The van der Waals surface area contributed by atoms with Crippen LogP contribution >= 0.6 is 11.8 Å². The van der Waals surface area contributed by atoms with Crippen molar-refractivity contribution in [3.8, 4) is 5.75 Å². The van der Waals surface area contributed by atoms with Crippen molar-refractivity contribution in [3.05, 3.63) is 29.8 Å². The molecule has 0 aliphatic carbocycles. The second kappa shape index (κ2) is 6.59. The first-order chi connectivity index (χ1) is 7.65. The van der Waals surface area contributed by atoms with E-state index in [0.29, 0.717) is 17.1 Å². The molecule has 0 bridgehead atoms. The molecule has 1 aromatic carbocycles. The number of hydrogen-bond acceptors (Lipinski definition) is 3. The van der Waals surface area contributed by atoms with E-state index in [9.17, 15) is 4.79 Å². The Morgan fingerprint density at radius 2 is 2.06 bits per heavy atom. The molecular formula is C13H18O2S. The van der Waals surface area contributed by atoms with Crippen LogP contribution in [0, 0.1) is 0 Å². The summed E-state index contributed by atoms with van der Waals surface area (Å²) in [5, 5.41) is 0. The molecule has 0 saturated carbocycles. The lowest BCUT2D eigenvalue weighted by atomic mass is 10.1. The Balaban J connectivity index is 2.81. The Hall–Kier alpha value is -0.960. The Kier molecular flexibility index (Phi) is 5.39. The molecule has 0 spiro atoms. The number of ether oxygens (including phenoxy) is 1. The molecule has 0 amide bonds. The quantitative estimate of drug-likeness (QED) is 0.710. The Morgan fingerprint density at radius 3 is 2.69 bits per heavy atom. The first kappa shape index (κ1) is 13.1. The van der Waals surface area contributed by atoms with Gasteiger partial charge in [0.05, 0.1) is 17.4 Å². The van der Waals surface area contributed by atoms with Gasteiger partial charge in [0.25, 0.3) is 0 Å². The molecule has 1 aromatic rings. The SMILES string of the molecule is CCSCC(=O)c1ccccc1OC(C)C. The minimum absolute atomic E-state index is 0.0905. The van der Waals surface area contributed by atoms with Crippen LogP contribution in [0.1, 0.15) is 31.1 Å². The molecule has 2 nitrogen and oxygen atoms in total. The van der Waals surface area contributed by atoms with E-state index in [-0.39, 0.29) is 11.9 Å². The van der Waals surface area contributed by atoms with Crippen LogP contribution in [0.15, 0.2) is 24.3 Å². The fourth-order valence-corrected chi connectivity index (χ4v) is 1.87. The average Bonchev–Trinajstić information content (AvgIpc) is 2.26. The largest absolute Gasteiger partial charge is 0.490 e. The molecule has 1 rings (SSSR count). The van der Waals surface area contributed by atoms with Crippen molar-refractivity contribution < 1.29 is 9.53 Å². The van der Waals surface area contributed by atoms with Gasteiger partial charge in [0, 0.05) is 0 Å². The minimum Gasteiger partial charge on any atom is -0.490 e. The summed E-state index contributed by atoms with van der Waals surface area (Å²) in [6, 6.07) is 7.44. The first-order valence-electron chi connectivity index (χ1n) is 5.51. The van der Waals surface area contributed by atoms with Crippen LogP contribution in [0.25, 0.3) is 0 Å². The summed E-state index contributed by atoms with van der Waals surface area (Å²) in [6.07, 6.45) is 0.0905. The molecule has 0 aliphatic rings. The van der Waals surface area contributed by atoms with Crippen molar-refractivity contribution >= 4 is 17.5 Å². The molecule has 3 heteroatoms. The lowest BCUT2D eigenvalue weighted by Crippen LogP contribution is -2.11. The highest BCUT2D eigenvalue weighted by Crippen LogP contribution is 2.21. The van der Waals surface area contributed by atoms with Gasteiger partial charge >= 0.3 is 0 Å². The third-order valence-corrected chi connectivity index (χ3v) is 2.86. The fraction of sp³-hybridized carbons (Fsp3) is 0.462. The van der Waals surface area contributed by atoms with Crippen molar-refractivity contribution in [1.82, 2.24) is 0 Å². The monoisotopic (exact) mass is 238 g/mol. The zero-order chi connectivity index (χ0) is 12.0. The minimum atomic E-state index is 0.0905. The van der Waals surface area contributed by atoms with Crippen molar-refractivity contribution in [2.45, 2.75) is 26.9 Å². The number of thioether (sulfide) groups is 1. The number of carbonyl (C=O) groups is 1. The first-order valence-corrected chi connectivity index (χ1v) is 6.67. The van der Waals surface area contributed by atoms with Gasteiger partial charge < -0.3 is 4.74 Å². The molecular weight excluding hydrogens is 220 g/mol. The number of benzene rings is 1. The van der Waals surface area contributed by atoms with E-state index in [0.717, 1.165) is 5.75 Å². The van der Waals surface area contributed by atoms with Crippen LogP contribution in [0.3, 0.4) is 0 Å². The van der Waals surface area contributed by atoms with Crippen LogP contribution in [0.4, 0.5) is 0 Å². The van der Waals surface area contributed by atoms with Gasteiger partial charge in [0.1, 0.15) is 5.75 Å². The maximum Gasteiger partial charge on any atom is 0.176 e. The molecule has 0 radical (unpaired) electrons. The number of para-hydroxylation sites is 1. The smallest absolute Gasteiger partial charge is 0.176 e. The van der Waals surface area contributed by atoms with E-state index in [1.54, 1.807) is 11.8 Å². The summed E-state index contributed by atoms with van der Waals surface area (Å²) >= 11 is 1.63. The molecule has 0 N–H and O–H groups in total. The molecule has 0 atom stereocenters. The number of Topliss-reactive ketones (excluding diaryl/α,β-unsaturated/α-hetero) is 1. The third-order valence-electron chi connectivity index (χ3n) is 1.99. The van der Waals surface area contributed by atoms with Crippen LogP contribution < -0.4 is 4.74 Å². The second-order valence-electron chi connectivity index (χ2n) is 3.72. The van der Waals surface area contributed by atoms with Crippen molar-refractivity contribution in [2.24, 2.45) is 0 Å². The standard InChI is InChI=1S/C13H18O2S/c1-4-16-9-12(14)11-7-5-6-8-13(11)15-10(2)3/h5-8,10H,4,9H2,1-3H3. The Labute approximate surface area is 101 Å². The maximum atomic E-state index is 11.9. The molecule has 0 aromatic heterocycles. The lowest BCUT2D eigenvalue weighted by molar-refractivity contribution is 0.101. The van der Waals surface area contributed by atoms with E-state index in [1.165, 1.54) is 0 Å². The van der Waals surface area contributed by atoms with Crippen molar-refractivity contribution in [3.63, 3.8) is 0 Å². The third kappa shape index (κ3) is 3.89. The van der Waals surface area contributed by atoms with Crippen molar-refractivity contribution in [1.29, 1.82) is 0 Å². The second-order valence-corrected chi connectivity index (χ2v) is 5.00. The normalized spacial score (nSPS) is 10.5. The predicted octanol–water partition coefficient (Wildman–Crippen LogP) is 3.41. The highest BCUT2D eigenvalue weighted by atomic mass is 32.2. The van der Waals surface area contributed by atoms with Gasteiger partial charge in [-0.05, 0) is 31.7 Å². The summed E-state index contributed by atoms with van der Waals surface area (Å²) in [4.78, 5) is 11.9. The highest BCUT2D eigenvalue weighted by Gasteiger charge is 2.12. The van der Waals surface area contributed by atoms with Crippen LogP contribution in [-0.2, 0) is 0 Å². The fourth-order valence-electron chi connectivity index (χ4n) is 1.33. The summed E-state index contributed by atoms with van der Waals surface area (Å²) in [5.41, 5.74) is 0.692. The number of rotatable bonds is 6. The summed E-state index contributed by atoms with van der Waals surface area (Å²) < 4.78 is 5.62. The van der Waals surface area contributed by atoms with Crippen LogP contribution in [0.5, 0.6) is 5.75 Å². The topological polar surface area (TPSA) is 26.3 Å². The van der Waals surface area contributed by atoms with Gasteiger partial charge in [-0.2, -0.15) is 11.8 Å². The Bertz CT molecular complexity index is 348. The van der Waals surface area contributed by atoms with Gasteiger partial charge in [0.2, 0.25) is 0 Å². The molecule has 16 heavy (non-hydrogen) atoms. The average molecular weight is 238 g/mol. The molecule has 88 valence electrons. The molecule has 0 saturated heterocycles. The summed E-state index contributed by atoms with van der Waals surface area (Å²) in [7, 11) is 0. The summed E-state index contributed by atoms with van der Waals surface area (Å²) in [6.45, 7) is 5.97. The predicted molar refractivity (Wildman–Crippen MR) is 69.5 cm³/mol. The van der Waals surface area contributed by atoms with Crippen LogP contribution in [0.2, 0.25) is 0 Å². The molecule has 0 aliphatic heterocycles. The molecule has 0 fully saturated rings. The van der Waals surface area contributed by atoms with Gasteiger partial charge in [-0.3, -0.25) is 4.79 Å². The van der Waals surface area contributed by atoms with Gasteiger partial charge in [-0.1, -0.05) is 19.1 Å². The van der Waals surface area contributed by atoms with Gasteiger partial charge in [-0.25, -0.2) is 0 Å². The summed E-state index contributed by atoms with van der Waals surface area (Å²) in [5.74, 6) is 2.32. The van der Waals surface area contributed by atoms with E-state index in [1.807, 2.05) is 38.1 Å². The van der Waals surface area contributed by atoms with E-state index in [2.05, 4.69) is 6.92 Å². The van der Waals surface area contributed by atoms with Crippen molar-refractivity contribution in [2.75, 3.05) is 11.5 Å².